The van der Waals surface area contributed by atoms with E-state index in [0.717, 1.165) is 0 Å². The van der Waals surface area contributed by atoms with E-state index in [-0.39, 0.29) is 0 Å². The average Bonchev–Trinajstić information content (AvgIpc) is 2.24. The average molecular weight is 240 g/mol. The predicted molar refractivity (Wildman–Crippen MR) is 29.1 cm³/mol. The molecule has 0 aromatic carbocycles. The van der Waals surface area contributed by atoms with Gasteiger partial charge in [-0.3, -0.25) is 4.94 Å². The molecule has 0 heterocycles. The van der Waals surface area contributed by atoms with E-state index in [1.165, 1.54) is 0 Å². The lowest BCUT2D eigenvalue weighted by molar-refractivity contribution is -0.227. The van der Waals surface area contributed by atoms with Gasteiger partial charge in [-0.05, 0) is 0 Å². The molecule has 0 rings (SSSR count). The molecule has 0 aliphatic carbocycles. The number of halogens is 6. The van der Waals surface area contributed by atoms with Gasteiger partial charge in [0.15, 0.2) is 0 Å². The van der Waals surface area contributed by atoms with E-state index in [4.69, 9.17) is 0 Å². The van der Waals surface area contributed by atoms with Crippen molar-refractivity contribution in [1.82, 2.24) is 0 Å². The van der Waals surface area contributed by atoms with E-state index < -0.39 is 30.2 Å². The minimum absolute atomic E-state index is 1.96. The Morgan fingerprint density at radius 3 is 1.87 bits per heavy atom. The van der Waals surface area contributed by atoms with Gasteiger partial charge in [-0.1, -0.05) is 0 Å². The highest BCUT2D eigenvalue weighted by atomic mass is 19.3. The predicted octanol–water partition coefficient (Wildman–Crippen LogP) is 1.15. The maximum atomic E-state index is 12.4. The molecule has 0 N–H and O–H groups in total. The molecule has 0 saturated heterocycles. The van der Waals surface area contributed by atoms with Crippen LogP contribution in [0.3, 0.4) is 0 Å². The summed E-state index contributed by atoms with van der Waals surface area (Å²) in [4.78, 5) is 23.9. The minimum Gasteiger partial charge on any atom is -0.251 e. The SMILES string of the molecule is O=C(OF)C(F)C(F)C(F)(F)C(=O)OF. The molecular formula is C5H2F6O4. The second-order valence-electron chi connectivity index (χ2n) is 2.19. The molecule has 0 fully saturated rings. The molecule has 0 spiro atoms. The van der Waals surface area contributed by atoms with Gasteiger partial charge in [-0.2, -0.15) is 8.78 Å². The van der Waals surface area contributed by atoms with Crippen molar-refractivity contribution in [2.75, 3.05) is 0 Å². The van der Waals surface area contributed by atoms with Crippen molar-refractivity contribution in [2.45, 2.75) is 18.3 Å². The van der Waals surface area contributed by atoms with Crippen LogP contribution in [-0.4, -0.2) is 30.2 Å². The van der Waals surface area contributed by atoms with E-state index in [0.29, 0.717) is 0 Å². The molecular weight excluding hydrogens is 238 g/mol. The second-order valence-corrected chi connectivity index (χ2v) is 2.19. The molecule has 0 aromatic rings. The largest absolute Gasteiger partial charge is 0.420 e. The van der Waals surface area contributed by atoms with E-state index in [9.17, 15) is 36.2 Å². The molecule has 0 aromatic heterocycles. The molecule has 2 unspecified atom stereocenters. The van der Waals surface area contributed by atoms with Crippen molar-refractivity contribution in [2.24, 2.45) is 0 Å². The zero-order chi connectivity index (χ0) is 12.2. The fraction of sp³-hybridized carbons (Fsp3) is 0.600. The summed E-state index contributed by atoms with van der Waals surface area (Å²) in [5, 5.41) is 0. The summed E-state index contributed by atoms with van der Waals surface area (Å²) in [5.74, 6) is -10.9. The first kappa shape index (κ1) is 13.5. The van der Waals surface area contributed by atoms with Crippen molar-refractivity contribution in [3.63, 3.8) is 0 Å². The topological polar surface area (TPSA) is 52.6 Å². The molecule has 10 heteroatoms. The summed E-state index contributed by atoms with van der Waals surface area (Å²) < 4.78 is 71.2. The van der Waals surface area contributed by atoms with Gasteiger partial charge < -0.3 is 0 Å². The van der Waals surface area contributed by atoms with Crippen LogP contribution < -0.4 is 0 Å². The summed E-state index contributed by atoms with van der Waals surface area (Å²) in [6.45, 7) is 0. The molecule has 0 radical (unpaired) electrons. The van der Waals surface area contributed by atoms with Crippen LogP contribution in [0.1, 0.15) is 0 Å². The number of carbonyl (C=O) groups is 2. The fourth-order valence-electron chi connectivity index (χ4n) is 0.510. The van der Waals surface area contributed by atoms with Crippen molar-refractivity contribution >= 4 is 11.9 Å². The first-order valence-electron chi connectivity index (χ1n) is 3.10. The lowest BCUT2D eigenvalue weighted by atomic mass is 10.1. The number of hydrogen-bond donors (Lipinski definition) is 0. The van der Waals surface area contributed by atoms with E-state index in [1.54, 1.807) is 0 Å². The Morgan fingerprint density at radius 1 is 1.07 bits per heavy atom. The minimum atomic E-state index is -5.28. The molecule has 4 nitrogen and oxygen atoms in total. The Labute approximate surface area is 77.5 Å². The zero-order valence-corrected chi connectivity index (χ0v) is 6.56. The van der Waals surface area contributed by atoms with Gasteiger partial charge in [0, 0.05) is 9.05 Å². The zero-order valence-electron chi connectivity index (χ0n) is 6.56. The molecule has 0 aliphatic heterocycles. The van der Waals surface area contributed by atoms with Crippen LogP contribution in [0.4, 0.5) is 26.6 Å². The molecule has 0 amide bonds. The Bertz CT molecular complexity index is 256. The number of rotatable bonds is 4. The highest BCUT2D eigenvalue weighted by Gasteiger charge is 2.57. The molecule has 0 aliphatic rings. The molecule has 15 heavy (non-hydrogen) atoms. The van der Waals surface area contributed by atoms with E-state index in [1.807, 2.05) is 4.94 Å². The van der Waals surface area contributed by atoms with Crippen LogP contribution in [0.5, 0.6) is 0 Å². The van der Waals surface area contributed by atoms with Crippen LogP contribution in [0.15, 0.2) is 0 Å². The number of carbonyl (C=O) groups excluding carboxylic acids is 2. The quantitative estimate of drug-likeness (QED) is 0.691. The summed E-state index contributed by atoms with van der Waals surface area (Å²) in [5.41, 5.74) is 0. The number of hydrogen-bond acceptors (Lipinski definition) is 4. The van der Waals surface area contributed by atoms with Crippen LogP contribution in [0.25, 0.3) is 0 Å². The monoisotopic (exact) mass is 240 g/mol. The van der Waals surface area contributed by atoms with Gasteiger partial charge in [-0.15, -0.1) is 0 Å². The maximum absolute atomic E-state index is 12.4. The third-order valence-electron chi connectivity index (χ3n) is 1.25. The summed E-state index contributed by atoms with van der Waals surface area (Å²) in [6.07, 6.45) is -7.91. The molecule has 88 valence electrons. The van der Waals surface area contributed by atoms with E-state index in [2.05, 4.69) is 4.94 Å². The van der Waals surface area contributed by atoms with Gasteiger partial charge in [0.05, 0.1) is 0 Å². The fourth-order valence-corrected chi connectivity index (χ4v) is 0.510. The molecule has 0 saturated carbocycles. The number of alkyl halides is 4. The van der Waals surface area contributed by atoms with Crippen LogP contribution in [0, 0.1) is 0 Å². The Hall–Kier alpha value is -1.48. The molecule has 2 atom stereocenters. The lowest BCUT2D eigenvalue weighted by Crippen LogP contribution is -2.47. The van der Waals surface area contributed by atoms with E-state index >= 15 is 0 Å². The Balaban J connectivity index is 4.75. The Kier molecular flexibility index (Phi) is 4.37. The van der Waals surface area contributed by atoms with Gasteiger partial charge in [-0.25, -0.2) is 23.3 Å². The lowest BCUT2D eigenvalue weighted by Gasteiger charge is -2.17. The standard InChI is InChI=1S/C5H2F6O4/c6-1(3(12)14-10)2(7)5(8,9)4(13)15-11/h1-2H. The van der Waals surface area contributed by atoms with Gasteiger partial charge in [0.2, 0.25) is 12.3 Å². The second kappa shape index (κ2) is 4.84. The first-order valence-corrected chi connectivity index (χ1v) is 3.10. The normalized spacial score (nSPS) is 15.3. The van der Waals surface area contributed by atoms with Crippen molar-refractivity contribution < 1.29 is 46.1 Å². The summed E-state index contributed by atoms with van der Waals surface area (Å²) >= 11 is 0. The highest BCUT2D eigenvalue weighted by molar-refractivity contribution is 5.81. The van der Waals surface area contributed by atoms with Crippen LogP contribution in [0.2, 0.25) is 0 Å². The van der Waals surface area contributed by atoms with Gasteiger partial charge >= 0.3 is 17.9 Å². The highest BCUT2D eigenvalue weighted by Crippen LogP contribution is 2.28. The smallest absolute Gasteiger partial charge is 0.251 e. The summed E-state index contributed by atoms with van der Waals surface area (Å²) in [7, 11) is 0. The van der Waals surface area contributed by atoms with Crippen LogP contribution >= 0.6 is 0 Å². The van der Waals surface area contributed by atoms with Gasteiger partial charge in [0.25, 0.3) is 0 Å². The molecule has 0 bridgehead atoms. The van der Waals surface area contributed by atoms with Crippen molar-refractivity contribution in [3.05, 3.63) is 0 Å². The summed E-state index contributed by atoms with van der Waals surface area (Å²) in [6, 6.07) is 0. The third kappa shape index (κ3) is 2.73. The Morgan fingerprint density at radius 2 is 1.53 bits per heavy atom. The van der Waals surface area contributed by atoms with Crippen molar-refractivity contribution in [1.29, 1.82) is 0 Å². The third-order valence-corrected chi connectivity index (χ3v) is 1.25. The maximum Gasteiger partial charge on any atom is 0.420 e. The van der Waals surface area contributed by atoms with Gasteiger partial charge in [0.1, 0.15) is 0 Å². The van der Waals surface area contributed by atoms with Crippen LogP contribution in [-0.2, 0) is 19.5 Å². The first-order chi connectivity index (χ1) is 6.78. The van der Waals surface area contributed by atoms with Crippen molar-refractivity contribution in [3.8, 4) is 0 Å².